The van der Waals surface area contributed by atoms with E-state index >= 15 is 0 Å². The first kappa shape index (κ1) is 25.5. The van der Waals surface area contributed by atoms with E-state index in [0.29, 0.717) is 24.3 Å². The second kappa shape index (κ2) is 12.3. The normalized spacial score (nSPS) is 14.0. The van der Waals surface area contributed by atoms with Gasteiger partial charge in [0.05, 0.1) is 6.61 Å². The van der Waals surface area contributed by atoms with Crippen molar-refractivity contribution in [2.75, 3.05) is 51.8 Å². The fourth-order valence-corrected chi connectivity index (χ4v) is 4.44. The Balaban J connectivity index is 1.96. The van der Waals surface area contributed by atoms with E-state index < -0.39 is 6.09 Å². The van der Waals surface area contributed by atoms with Gasteiger partial charge in [0.2, 0.25) is 0 Å². The summed E-state index contributed by atoms with van der Waals surface area (Å²) in [4.78, 5) is 28.2. The highest BCUT2D eigenvalue weighted by atomic mass is 16.5. The Bertz CT molecular complexity index is 1000. The van der Waals surface area contributed by atoms with Crippen LogP contribution in [0.4, 0.5) is 10.5 Å². The van der Waals surface area contributed by atoms with Gasteiger partial charge in [-0.3, -0.25) is 10.1 Å². The molecule has 0 unspecified atom stereocenters. The van der Waals surface area contributed by atoms with Gasteiger partial charge in [0.25, 0.3) is 5.91 Å². The highest BCUT2D eigenvalue weighted by Gasteiger charge is 2.20. The first-order chi connectivity index (χ1) is 16.5. The Morgan fingerprint density at radius 2 is 1.65 bits per heavy atom. The van der Waals surface area contributed by atoms with Gasteiger partial charge < -0.3 is 19.6 Å². The molecule has 3 rings (SSSR count). The summed E-state index contributed by atoms with van der Waals surface area (Å²) in [6, 6.07) is 15.3. The maximum atomic E-state index is 12.8. The van der Waals surface area contributed by atoms with Crippen molar-refractivity contribution in [3.8, 4) is 0 Å². The van der Waals surface area contributed by atoms with Crippen molar-refractivity contribution in [1.82, 2.24) is 9.80 Å². The van der Waals surface area contributed by atoms with Gasteiger partial charge in [-0.15, -0.1) is 0 Å². The van der Waals surface area contributed by atoms with E-state index in [1.807, 2.05) is 61.2 Å². The summed E-state index contributed by atoms with van der Waals surface area (Å²) in [6.45, 7) is 8.85. The number of benzene rings is 2. The smallest absolute Gasteiger partial charge is 0.409 e. The number of hydrogen-bond acceptors (Lipinski definition) is 4. The molecule has 0 bridgehead atoms. The summed E-state index contributed by atoms with van der Waals surface area (Å²) in [5.74, 6) is 0.0323. The van der Waals surface area contributed by atoms with Crippen molar-refractivity contribution in [2.45, 2.75) is 26.7 Å². The van der Waals surface area contributed by atoms with E-state index in [1.54, 1.807) is 13.2 Å². The summed E-state index contributed by atoms with van der Waals surface area (Å²) in [6.07, 6.45) is 0.767. The van der Waals surface area contributed by atoms with Crippen LogP contribution in [0, 0.1) is 0 Å². The Kier molecular flexibility index (Phi) is 9.24. The van der Waals surface area contributed by atoms with Crippen LogP contribution in [0.25, 0.3) is 5.57 Å². The van der Waals surface area contributed by atoms with Crippen LogP contribution in [-0.2, 0) is 4.74 Å². The highest BCUT2D eigenvalue weighted by molar-refractivity contribution is 5.95. The molecule has 0 radical (unpaired) electrons. The van der Waals surface area contributed by atoms with Gasteiger partial charge in [-0.25, -0.2) is 4.79 Å². The predicted molar refractivity (Wildman–Crippen MR) is 135 cm³/mol. The number of rotatable bonds is 9. The molecule has 1 aliphatic rings. The molecule has 1 heterocycles. The number of amides is 2. The van der Waals surface area contributed by atoms with E-state index in [0.717, 1.165) is 55.8 Å². The number of piperidine rings is 1. The minimum atomic E-state index is -1.09. The van der Waals surface area contributed by atoms with Gasteiger partial charge in [-0.05, 0) is 67.7 Å². The summed E-state index contributed by atoms with van der Waals surface area (Å²) < 4.78 is 5.23. The number of carbonyl (C=O) groups excluding carboxylic acids is 1. The maximum absolute atomic E-state index is 12.8. The van der Waals surface area contributed by atoms with Crippen LogP contribution in [0.2, 0.25) is 0 Å². The number of carbonyl (C=O) groups is 2. The second-order valence-corrected chi connectivity index (χ2v) is 8.38. The van der Waals surface area contributed by atoms with Gasteiger partial charge in [0, 0.05) is 51.1 Å². The van der Waals surface area contributed by atoms with Crippen molar-refractivity contribution < 1.29 is 19.4 Å². The topological polar surface area (TPSA) is 82.1 Å². The Morgan fingerprint density at radius 1 is 1.00 bits per heavy atom. The number of ether oxygens (including phenoxy) is 1. The Labute approximate surface area is 202 Å². The van der Waals surface area contributed by atoms with Crippen LogP contribution in [0.5, 0.6) is 0 Å². The van der Waals surface area contributed by atoms with E-state index in [4.69, 9.17) is 9.84 Å². The maximum Gasteiger partial charge on any atom is 0.409 e. The van der Waals surface area contributed by atoms with Crippen LogP contribution in [0.15, 0.2) is 54.1 Å². The van der Waals surface area contributed by atoms with Crippen molar-refractivity contribution >= 4 is 23.3 Å². The first-order valence-electron chi connectivity index (χ1n) is 11.9. The largest absolute Gasteiger partial charge is 0.465 e. The van der Waals surface area contributed by atoms with E-state index in [9.17, 15) is 9.59 Å². The van der Waals surface area contributed by atoms with Gasteiger partial charge >= 0.3 is 6.09 Å². The molecular weight excluding hydrogens is 430 g/mol. The number of carboxylic acid groups (broad SMARTS) is 1. The zero-order chi connectivity index (χ0) is 24.5. The summed E-state index contributed by atoms with van der Waals surface area (Å²) >= 11 is 0. The standard InChI is InChI=1S/C27H35N3O4/c1-4-30(5-2)26(31)22-11-9-20(10-12-22)25(21-13-15-29(16-14-21)17-18-34-3)23-7-6-8-24(19-23)28-27(32)33/h6-12,19,28H,4-5,13-18H2,1-3H3,(H,32,33). The van der Waals surface area contributed by atoms with E-state index in [2.05, 4.69) is 10.2 Å². The molecule has 1 aliphatic heterocycles. The lowest BCUT2D eigenvalue weighted by Gasteiger charge is -2.30. The summed E-state index contributed by atoms with van der Waals surface area (Å²) in [7, 11) is 1.72. The molecule has 182 valence electrons. The quantitative estimate of drug-likeness (QED) is 0.556. The molecule has 0 aromatic heterocycles. The van der Waals surface area contributed by atoms with Gasteiger partial charge in [0.15, 0.2) is 0 Å². The molecule has 0 saturated carbocycles. The third kappa shape index (κ3) is 6.46. The van der Waals surface area contributed by atoms with Gasteiger partial charge in [-0.1, -0.05) is 29.8 Å². The minimum absolute atomic E-state index is 0.0323. The van der Waals surface area contributed by atoms with Crippen molar-refractivity contribution in [3.05, 3.63) is 70.8 Å². The lowest BCUT2D eigenvalue weighted by atomic mass is 9.88. The molecule has 2 N–H and O–H groups in total. The third-order valence-electron chi connectivity index (χ3n) is 6.30. The lowest BCUT2D eigenvalue weighted by molar-refractivity contribution is 0.0773. The van der Waals surface area contributed by atoms with Crippen LogP contribution in [0.1, 0.15) is 48.2 Å². The molecular formula is C27H35N3O4. The van der Waals surface area contributed by atoms with E-state index in [1.165, 1.54) is 5.57 Å². The predicted octanol–water partition coefficient (Wildman–Crippen LogP) is 4.80. The second-order valence-electron chi connectivity index (χ2n) is 8.38. The Hall–Kier alpha value is -3.16. The van der Waals surface area contributed by atoms with E-state index in [-0.39, 0.29) is 5.91 Å². The SMILES string of the molecule is CCN(CC)C(=O)c1ccc(C(=C2CCN(CCOC)CC2)c2cccc(NC(=O)O)c2)cc1. The number of likely N-dealkylation sites (tertiary alicyclic amines) is 1. The van der Waals surface area contributed by atoms with Crippen molar-refractivity contribution in [3.63, 3.8) is 0 Å². The summed E-state index contributed by atoms with van der Waals surface area (Å²) in [5.41, 5.74) is 5.66. The zero-order valence-corrected chi connectivity index (χ0v) is 20.3. The molecule has 1 saturated heterocycles. The number of anilines is 1. The first-order valence-corrected chi connectivity index (χ1v) is 11.9. The fraction of sp³-hybridized carbons (Fsp3) is 0.407. The van der Waals surface area contributed by atoms with Crippen LogP contribution in [-0.4, -0.2) is 73.3 Å². The number of hydrogen-bond donors (Lipinski definition) is 2. The molecule has 2 amide bonds. The zero-order valence-electron chi connectivity index (χ0n) is 20.3. The van der Waals surface area contributed by atoms with Crippen molar-refractivity contribution in [1.29, 1.82) is 0 Å². The Morgan fingerprint density at radius 3 is 2.24 bits per heavy atom. The van der Waals surface area contributed by atoms with Crippen molar-refractivity contribution in [2.24, 2.45) is 0 Å². The lowest BCUT2D eigenvalue weighted by Crippen LogP contribution is -2.33. The highest BCUT2D eigenvalue weighted by Crippen LogP contribution is 2.33. The molecule has 0 atom stereocenters. The molecule has 7 heteroatoms. The average Bonchev–Trinajstić information content (AvgIpc) is 2.85. The molecule has 34 heavy (non-hydrogen) atoms. The molecule has 7 nitrogen and oxygen atoms in total. The molecule has 1 fully saturated rings. The van der Waals surface area contributed by atoms with Crippen LogP contribution >= 0.6 is 0 Å². The van der Waals surface area contributed by atoms with Gasteiger partial charge in [-0.2, -0.15) is 0 Å². The summed E-state index contributed by atoms with van der Waals surface area (Å²) in [5, 5.41) is 11.6. The third-order valence-corrected chi connectivity index (χ3v) is 6.30. The fourth-order valence-electron chi connectivity index (χ4n) is 4.44. The molecule has 0 aliphatic carbocycles. The molecule has 0 spiro atoms. The van der Waals surface area contributed by atoms with Crippen LogP contribution in [0.3, 0.4) is 0 Å². The minimum Gasteiger partial charge on any atom is -0.465 e. The van der Waals surface area contributed by atoms with Crippen LogP contribution < -0.4 is 5.32 Å². The molecule has 2 aromatic carbocycles. The molecule has 2 aromatic rings. The van der Waals surface area contributed by atoms with Gasteiger partial charge in [0.1, 0.15) is 0 Å². The monoisotopic (exact) mass is 465 g/mol. The average molecular weight is 466 g/mol. The number of nitrogens with zero attached hydrogens (tertiary/aromatic N) is 2. The number of nitrogens with one attached hydrogen (secondary N) is 1. The number of methoxy groups -OCH3 is 1.